The van der Waals surface area contributed by atoms with E-state index < -0.39 is 71.9 Å². The zero-order chi connectivity index (χ0) is 18.2. The largest absolute Gasteiger partial charge is 0.481 e. The summed E-state index contributed by atoms with van der Waals surface area (Å²) in [5.74, 6) is -5.97. The second-order valence-corrected chi connectivity index (χ2v) is 5.86. The van der Waals surface area contributed by atoms with Gasteiger partial charge in [0.15, 0.2) is 0 Å². The average molecular weight is 356 g/mol. The molecule has 0 radical (unpaired) electrons. The van der Waals surface area contributed by atoms with Gasteiger partial charge in [-0.05, 0) is 12.8 Å². The van der Waals surface area contributed by atoms with Crippen molar-refractivity contribution in [3.05, 3.63) is 0 Å². The van der Waals surface area contributed by atoms with Gasteiger partial charge in [-0.3, -0.25) is 19.2 Å². The van der Waals surface area contributed by atoms with Crippen LogP contribution in [-0.4, -0.2) is 64.8 Å². The van der Waals surface area contributed by atoms with Crippen LogP contribution in [0.5, 0.6) is 0 Å². The first-order chi connectivity index (χ1) is 10.4. The molecule has 0 heterocycles. The SMILES string of the molecule is O=C(O)CCC(NS(=O)(=O)N[C@@H](CCC(=O)O)C(=O)O)C(=O)O. The van der Waals surface area contributed by atoms with E-state index in [1.807, 2.05) is 0 Å². The maximum Gasteiger partial charge on any atom is 0.321 e. The van der Waals surface area contributed by atoms with Gasteiger partial charge in [-0.15, -0.1) is 0 Å². The van der Waals surface area contributed by atoms with Crippen molar-refractivity contribution in [2.45, 2.75) is 37.8 Å². The summed E-state index contributed by atoms with van der Waals surface area (Å²) < 4.78 is 26.6. The Bertz CT molecular complexity index is 528. The summed E-state index contributed by atoms with van der Waals surface area (Å²) >= 11 is 0. The van der Waals surface area contributed by atoms with E-state index in [1.165, 1.54) is 0 Å². The first kappa shape index (κ1) is 20.8. The molecule has 0 aromatic heterocycles. The monoisotopic (exact) mass is 356 g/mol. The van der Waals surface area contributed by atoms with E-state index in [2.05, 4.69) is 0 Å². The summed E-state index contributed by atoms with van der Waals surface area (Å²) in [6, 6.07) is -3.56. The number of rotatable bonds is 12. The minimum Gasteiger partial charge on any atom is -0.481 e. The van der Waals surface area contributed by atoms with E-state index >= 15 is 0 Å². The van der Waals surface area contributed by atoms with Gasteiger partial charge in [0.05, 0.1) is 0 Å². The summed E-state index contributed by atoms with van der Waals surface area (Å²) in [7, 11) is -4.61. The highest BCUT2D eigenvalue weighted by atomic mass is 32.2. The molecule has 0 aliphatic carbocycles. The fourth-order valence-corrected chi connectivity index (χ4v) is 2.66. The highest BCUT2D eigenvalue weighted by molar-refractivity contribution is 7.87. The third-order valence-corrected chi connectivity index (χ3v) is 3.67. The number of carboxylic acid groups (broad SMARTS) is 4. The molecule has 0 aliphatic rings. The van der Waals surface area contributed by atoms with Gasteiger partial charge in [-0.1, -0.05) is 0 Å². The molecule has 0 saturated carbocycles. The number of aliphatic carboxylic acids is 4. The lowest BCUT2D eigenvalue weighted by atomic mass is 10.2. The molecule has 2 atom stereocenters. The molecule has 132 valence electrons. The minimum absolute atomic E-state index is 0.557. The first-order valence-corrected chi connectivity index (χ1v) is 7.61. The zero-order valence-corrected chi connectivity index (χ0v) is 12.4. The molecule has 12 nitrogen and oxygen atoms in total. The van der Waals surface area contributed by atoms with Crippen molar-refractivity contribution in [1.29, 1.82) is 0 Å². The second-order valence-electron chi connectivity index (χ2n) is 4.39. The molecule has 0 rings (SSSR count). The van der Waals surface area contributed by atoms with Crippen LogP contribution in [0.2, 0.25) is 0 Å². The smallest absolute Gasteiger partial charge is 0.321 e. The molecule has 23 heavy (non-hydrogen) atoms. The number of carbonyl (C=O) groups is 4. The van der Waals surface area contributed by atoms with E-state index in [9.17, 15) is 27.6 Å². The molecule has 0 fully saturated rings. The van der Waals surface area contributed by atoms with Crippen molar-refractivity contribution < 1.29 is 48.0 Å². The Balaban J connectivity index is 4.91. The molecular formula is C10H16N2O10S. The molecule has 0 bridgehead atoms. The lowest BCUT2D eigenvalue weighted by molar-refractivity contribution is -0.141. The Kier molecular flexibility index (Phi) is 8.13. The van der Waals surface area contributed by atoms with Crippen molar-refractivity contribution in [1.82, 2.24) is 9.44 Å². The number of hydrogen-bond donors (Lipinski definition) is 6. The van der Waals surface area contributed by atoms with Crippen molar-refractivity contribution in [3.8, 4) is 0 Å². The van der Waals surface area contributed by atoms with E-state index in [1.54, 1.807) is 9.44 Å². The summed E-state index contributed by atoms with van der Waals surface area (Å²) in [6.45, 7) is 0. The van der Waals surface area contributed by atoms with Crippen molar-refractivity contribution in [2.75, 3.05) is 0 Å². The van der Waals surface area contributed by atoms with Crippen LogP contribution in [-0.2, 0) is 29.4 Å². The van der Waals surface area contributed by atoms with E-state index in [0.29, 0.717) is 0 Å². The van der Waals surface area contributed by atoms with Crippen LogP contribution in [0, 0.1) is 0 Å². The normalized spacial score (nSPS) is 13.9. The van der Waals surface area contributed by atoms with E-state index in [4.69, 9.17) is 20.4 Å². The summed E-state index contributed by atoms with van der Waals surface area (Å²) in [6.07, 6.45) is -2.36. The standard InChI is InChI=1S/C10H16N2O10S/c13-7(14)3-1-5(9(17)18)11-23(21,22)12-6(10(19)20)2-4-8(15)16/h5-6,11-12H,1-4H2,(H,13,14)(H,15,16)(H,17,18)(H,19,20)/t5-,6?/m0/s1. The Morgan fingerprint density at radius 2 is 1.04 bits per heavy atom. The summed E-state index contributed by atoms with van der Waals surface area (Å²) in [5, 5.41) is 34.6. The van der Waals surface area contributed by atoms with Crippen LogP contribution in [0.25, 0.3) is 0 Å². The second kappa shape index (κ2) is 9.02. The zero-order valence-electron chi connectivity index (χ0n) is 11.6. The fourth-order valence-electron chi connectivity index (χ4n) is 1.41. The first-order valence-electron chi connectivity index (χ1n) is 6.13. The van der Waals surface area contributed by atoms with Crippen LogP contribution >= 0.6 is 0 Å². The molecule has 0 amide bonds. The van der Waals surface area contributed by atoms with Gasteiger partial charge in [0.25, 0.3) is 10.2 Å². The highest BCUT2D eigenvalue weighted by Crippen LogP contribution is 2.03. The fraction of sp³-hybridized carbons (Fsp3) is 0.600. The maximum atomic E-state index is 11.7. The van der Waals surface area contributed by atoms with Crippen LogP contribution < -0.4 is 9.44 Å². The molecule has 0 spiro atoms. The third kappa shape index (κ3) is 9.38. The predicted molar refractivity (Wildman–Crippen MR) is 71.8 cm³/mol. The Morgan fingerprint density at radius 1 is 0.739 bits per heavy atom. The van der Waals surface area contributed by atoms with Crippen molar-refractivity contribution in [2.24, 2.45) is 0 Å². The number of carboxylic acids is 4. The van der Waals surface area contributed by atoms with E-state index in [0.717, 1.165) is 0 Å². The highest BCUT2D eigenvalue weighted by Gasteiger charge is 2.29. The molecule has 0 aliphatic heterocycles. The van der Waals surface area contributed by atoms with Gasteiger partial charge in [-0.2, -0.15) is 17.9 Å². The molecule has 0 aromatic carbocycles. The molecular weight excluding hydrogens is 340 g/mol. The van der Waals surface area contributed by atoms with Crippen LogP contribution in [0.15, 0.2) is 0 Å². The van der Waals surface area contributed by atoms with Crippen molar-refractivity contribution >= 4 is 34.1 Å². The number of hydrogen-bond acceptors (Lipinski definition) is 6. The van der Waals surface area contributed by atoms with Crippen LogP contribution in [0.1, 0.15) is 25.7 Å². The quantitative estimate of drug-likeness (QED) is 0.227. The summed E-state index contributed by atoms with van der Waals surface area (Å²) in [4.78, 5) is 42.5. The Morgan fingerprint density at radius 3 is 1.26 bits per heavy atom. The Labute approximate surface area is 130 Å². The predicted octanol–water partition coefficient (Wildman–Crippen LogP) is -1.95. The van der Waals surface area contributed by atoms with Gasteiger partial charge in [-0.25, -0.2) is 0 Å². The Hall–Kier alpha value is -2.25. The minimum atomic E-state index is -4.61. The third-order valence-electron chi connectivity index (χ3n) is 2.48. The van der Waals surface area contributed by atoms with Gasteiger partial charge in [0.1, 0.15) is 12.1 Å². The average Bonchev–Trinajstić information content (AvgIpc) is 2.38. The molecule has 0 saturated heterocycles. The number of nitrogens with one attached hydrogen (secondary N) is 2. The van der Waals surface area contributed by atoms with Gasteiger partial charge >= 0.3 is 23.9 Å². The topological polar surface area (TPSA) is 207 Å². The lowest BCUT2D eigenvalue weighted by Gasteiger charge is -2.17. The molecule has 6 N–H and O–H groups in total. The molecule has 0 aromatic rings. The van der Waals surface area contributed by atoms with E-state index in [-0.39, 0.29) is 0 Å². The van der Waals surface area contributed by atoms with Crippen LogP contribution in [0.4, 0.5) is 0 Å². The van der Waals surface area contributed by atoms with Gasteiger partial charge in [0, 0.05) is 12.8 Å². The van der Waals surface area contributed by atoms with Crippen molar-refractivity contribution in [3.63, 3.8) is 0 Å². The van der Waals surface area contributed by atoms with Crippen LogP contribution in [0.3, 0.4) is 0 Å². The summed E-state index contributed by atoms with van der Waals surface area (Å²) in [5.41, 5.74) is 0. The molecule has 1 unspecified atom stereocenters. The maximum absolute atomic E-state index is 11.7. The molecule has 13 heteroatoms. The van der Waals surface area contributed by atoms with Gasteiger partial charge in [0.2, 0.25) is 0 Å². The van der Waals surface area contributed by atoms with Gasteiger partial charge < -0.3 is 20.4 Å². The lowest BCUT2D eigenvalue weighted by Crippen LogP contribution is -2.51.